The molecular formula is C20H18FNO5. The topological polar surface area (TPSA) is 77.8 Å². The number of rotatable bonds is 7. The molecule has 1 heterocycles. The molecule has 3 aromatic rings. The van der Waals surface area contributed by atoms with Crippen molar-refractivity contribution < 1.29 is 27.9 Å². The Morgan fingerprint density at radius 3 is 2.59 bits per heavy atom. The van der Waals surface area contributed by atoms with Crippen LogP contribution >= 0.6 is 0 Å². The van der Waals surface area contributed by atoms with Crippen molar-refractivity contribution in [2.45, 2.75) is 13.0 Å². The Hall–Kier alpha value is -3.35. The fourth-order valence-electron chi connectivity index (χ4n) is 2.43. The average molecular weight is 371 g/mol. The van der Waals surface area contributed by atoms with Crippen LogP contribution in [0.15, 0.2) is 59.0 Å². The number of fused-ring (bicyclic) bond motifs is 1. The average Bonchev–Trinajstić information content (AvgIpc) is 3.10. The lowest BCUT2D eigenvalue weighted by molar-refractivity contribution is -0.150. The third-order valence-corrected chi connectivity index (χ3v) is 3.78. The molecule has 0 bridgehead atoms. The fraction of sp³-hybridized carbons (Fsp3) is 0.200. The summed E-state index contributed by atoms with van der Waals surface area (Å²) in [5, 5.41) is 3.64. The van der Waals surface area contributed by atoms with Gasteiger partial charge < -0.3 is 19.2 Å². The molecule has 0 saturated carbocycles. The Morgan fingerprint density at radius 1 is 1.11 bits per heavy atom. The van der Waals surface area contributed by atoms with Crippen LogP contribution in [-0.2, 0) is 14.3 Å². The van der Waals surface area contributed by atoms with Gasteiger partial charge in [-0.15, -0.1) is 0 Å². The SMILES string of the molecule is C[C@@H](NC(=O)COC(=O)COc1ccc(F)cc1)c1cc2ccccc2o1. The first-order valence-corrected chi connectivity index (χ1v) is 8.33. The summed E-state index contributed by atoms with van der Waals surface area (Å²) in [6, 6.07) is 14.2. The Balaban J connectivity index is 1.43. The summed E-state index contributed by atoms with van der Waals surface area (Å²) in [5.41, 5.74) is 0.734. The van der Waals surface area contributed by atoms with Crippen molar-refractivity contribution in [3.05, 3.63) is 66.2 Å². The van der Waals surface area contributed by atoms with Crippen LogP contribution in [0.1, 0.15) is 18.7 Å². The van der Waals surface area contributed by atoms with Crippen LogP contribution in [0.4, 0.5) is 4.39 Å². The highest BCUT2D eigenvalue weighted by molar-refractivity contribution is 5.82. The van der Waals surface area contributed by atoms with Gasteiger partial charge in [0, 0.05) is 5.39 Å². The second-order valence-corrected chi connectivity index (χ2v) is 5.88. The van der Waals surface area contributed by atoms with Gasteiger partial charge in [-0.25, -0.2) is 9.18 Å². The highest BCUT2D eigenvalue weighted by Crippen LogP contribution is 2.23. The number of halogens is 1. The van der Waals surface area contributed by atoms with Gasteiger partial charge in [-0.05, 0) is 43.3 Å². The minimum atomic E-state index is -0.703. The molecule has 6 nitrogen and oxygen atoms in total. The molecule has 0 unspecified atom stereocenters. The van der Waals surface area contributed by atoms with Crippen LogP contribution in [0.5, 0.6) is 5.75 Å². The number of hydrogen-bond donors (Lipinski definition) is 1. The van der Waals surface area contributed by atoms with E-state index in [0.717, 1.165) is 11.0 Å². The molecule has 3 rings (SSSR count). The van der Waals surface area contributed by atoms with Crippen LogP contribution in [0.25, 0.3) is 11.0 Å². The molecule has 0 fully saturated rings. The molecule has 1 N–H and O–H groups in total. The van der Waals surface area contributed by atoms with Crippen LogP contribution in [0.2, 0.25) is 0 Å². The lowest BCUT2D eigenvalue weighted by Crippen LogP contribution is -2.31. The largest absolute Gasteiger partial charge is 0.482 e. The van der Waals surface area contributed by atoms with Crippen molar-refractivity contribution in [1.29, 1.82) is 0 Å². The highest BCUT2D eigenvalue weighted by atomic mass is 19.1. The van der Waals surface area contributed by atoms with Gasteiger partial charge in [0.1, 0.15) is 22.9 Å². The van der Waals surface area contributed by atoms with Gasteiger partial charge in [-0.1, -0.05) is 18.2 Å². The molecule has 0 aliphatic rings. The Bertz CT molecular complexity index is 902. The summed E-state index contributed by atoms with van der Waals surface area (Å²) in [5.74, 6) is -0.629. The second-order valence-electron chi connectivity index (χ2n) is 5.88. The van der Waals surface area contributed by atoms with E-state index in [1.165, 1.54) is 24.3 Å². The maximum atomic E-state index is 12.8. The zero-order valence-corrected chi connectivity index (χ0v) is 14.6. The number of benzene rings is 2. The number of furan rings is 1. The standard InChI is InChI=1S/C20H18FNO5/c1-13(18-10-14-4-2-3-5-17(14)27-18)22-19(23)11-26-20(24)12-25-16-8-6-15(21)7-9-16/h2-10,13H,11-12H2,1H3,(H,22,23)/t13-/m1/s1. The highest BCUT2D eigenvalue weighted by Gasteiger charge is 2.15. The Labute approximate surface area is 154 Å². The molecule has 2 aromatic carbocycles. The number of amides is 1. The minimum absolute atomic E-state index is 0.330. The van der Waals surface area contributed by atoms with Gasteiger partial charge in [0.2, 0.25) is 0 Å². The summed E-state index contributed by atoms with van der Waals surface area (Å²) in [6.07, 6.45) is 0. The van der Waals surface area contributed by atoms with Crippen molar-refractivity contribution in [3.63, 3.8) is 0 Å². The van der Waals surface area contributed by atoms with E-state index in [1.807, 2.05) is 30.3 Å². The molecule has 0 aliphatic carbocycles. The van der Waals surface area contributed by atoms with E-state index >= 15 is 0 Å². The molecule has 0 radical (unpaired) electrons. The smallest absolute Gasteiger partial charge is 0.344 e. The van der Waals surface area contributed by atoms with Gasteiger partial charge >= 0.3 is 5.97 Å². The third kappa shape index (κ3) is 5.07. The summed E-state index contributed by atoms with van der Waals surface area (Å²) in [6.45, 7) is 0.962. The van der Waals surface area contributed by atoms with Crippen LogP contribution in [-0.4, -0.2) is 25.1 Å². The molecule has 1 aromatic heterocycles. The zero-order valence-electron chi connectivity index (χ0n) is 14.6. The van der Waals surface area contributed by atoms with E-state index in [9.17, 15) is 14.0 Å². The maximum absolute atomic E-state index is 12.8. The lowest BCUT2D eigenvalue weighted by Gasteiger charge is -2.12. The van der Waals surface area contributed by atoms with Crippen molar-refractivity contribution in [3.8, 4) is 5.75 Å². The summed E-state index contributed by atoms with van der Waals surface area (Å²) in [4.78, 5) is 23.6. The molecular weight excluding hydrogens is 353 g/mol. The van der Waals surface area contributed by atoms with Crippen molar-refractivity contribution in [2.24, 2.45) is 0 Å². The molecule has 0 spiro atoms. The first-order chi connectivity index (χ1) is 13.0. The zero-order chi connectivity index (χ0) is 19.2. The van der Waals surface area contributed by atoms with Crippen molar-refractivity contribution in [1.82, 2.24) is 5.32 Å². The van der Waals surface area contributed by atoms with Crippen molar-refractivity contribution >= 4 is 22.8 Å². The van der Waals surface area contributed by atoms with Crippen molar-refractivity contribution in [2.75, 3.05) is 13.2 Å². The number of ether oxygens (including phenoxy) is 2. The number of hydrogen-bond acceptors (Lipinski definition) is 5. The van der Waals surface area contributed by atoms with Crippen LogP contribution < -0.4 is 10.1 Å². The molecule has 140 valence electrons. The quantitative estimate of drug-likeness (QED) is 0.645. The Morgan fingerprint density at radius 2 is 1.85 bits per heavy atom. The van der Waals surface area contributed by atoms with Crippen LogP contribution in [0.3, 0.4) is 0 Å². The predicted molar refractivity (Wildman–Crippen MR) is 95.6 cm³/mol. The van der Waals surface area contributed by atoms with E-state index in [-0.39, 0.29) is 12.6 Å². The van der Waals surface area contributed by atoms with E-state index < -0.39 is 24.3 Å². The fourth-order valence-corrected chi connectivity index (χ4v) is 2.43. The summed E-state index contributed by atoms with van der Waals surface area (Å²) >= 11 is 0. The molecule has 1 atom stereocenters. The van der Waals surface area contributed by atoms with Gasteiger partial charge in [-0.3, -0.25) is 4.79 Å². The van der Waals surface area contributed by atoms with E-state index in [4.69, 9.17) is 13.9 Å². The predicted octanol–water partition coefficient (Wildman–Crippen LogP) is 3.37. The van der Waals surface area contributed by atoms with E-state index in [1.54, 1.807) is 6.92 Å². The van der Waals surface area contributed by atoms with Crippen LogP contribution in [0, 0.1) is 5.82 Å². The number of carbonyl (C=O) groups excluding carboxylic acids is 2. The summed E-state index contributed by atoms with van der Waals surface area (Å²) < 4.78 is 28.5. The number of esters is 1. The lowest BCUT2D eigenvalue weighted by atomic mass is 10.2. The van der Waals surface area contributed by atoms with Gasteiger partial charge in [0.05, 0.1) is 6.04 Å². The summed E-state index contributed by atoms with van der Waals surface area (Å²) in [7, 11) is 0. The molecule has 1 amide bonds. The second kappa shape index (κ2) is 8.35. The van der Waals surface area contributed by atoms with E-state index in [2.05, 4.69) is 5.32 Å². The third-order valence-electron chi connectivity index (χ3n) is 3.78. The van der Waals surface area contributed by atoms with Gasteiger partial charge in [0.25, 0.3) is 5.91 Å². The number of para-hydroxylation sites is 1. The molecule has 27 heavy (non-hydrogen) atoms. The van der Waals surface area contributed by atoms with E-state index in [0.29, 0.717) is 11.5 Å². The molecule has 0 saturated heterocycles. The normalized spacial score (nSPS) is 11.8. The maximum Gasteiger partial charge on any atom is 0.344 e. The first kappa shape index (κ1) is 18.4. The number of carbonyl (C=O) groups is 2. The number of nitrogens with one attached hydrogen (secondary N) is 1. The molecule has 0 aliphatic heterocycles. The first-order valence-electron chi connectivity index (χ1n) is 8.33. The minimum Gasteiger partial charge on any atom is -0.482 e. The van der Waals surface area contributed by atoms with Gasteiger partial charge in [-0.2, -0.15) is 0 Å². The Kier molecular flexibility index (Phi) is 5.71. The van der Waals surface area contributed by atoms with Gasteiger partial charge in [0.15, 0.2) is 13.2 Å². The molecule has 7 heteroatoms. The monoisotopic (exact) mass is 371 g/mol.